The third kappa shape index (κ3) is 6.54. The minimum atomic E-state index is -0.909. The lowest BCUT2D eigenvalue weighted by Crippen LogP contribution is -2.30. The van der Waals surface area contributed by atoms with Crippen LogP contribution in [0.4, 0.5) is 11.4 Å². The van der Waals surface area contributed by atoms with Crippen LogP contribution >= 0.6 is 0 Å². The first kappa shape index (κ1) is 24.8. The van der Waals surface area contributed by atoms with E-state index in [1.54, 1.807) is 44.5 Å². The lowest BCUT2D eigenvalue weighted by molar-refractivity contribution is -0.149. The number of carbonyl (C=O) groups excluding carboxylic acids is 2. The summed E-state index contributed by atoms with van der Waals surface area (Å²) in [5.74, 6) is -0.0224. The van der Waals surface area contributed by atoms with E-state index >= 15 is 0 Å². The van der Waals surface area contributed by atoms with Gasteiger partial charge >= 0.3 is 5.97 Å². The van der Waals surface area contributed by atoms with Crippen LogP contribution in [0.2, 0.25) is 0 Å². The van der Waals surface area contributed by atoms with Crippen molar-refractivity contribution in [2.75, 3.05) is 39.0 Å². The Labute approximate surface area is 189 Å². The Morgan fingerprint density at radius 1 is 0.938 bits per heavy atom. The number of carbonyl (C=O) groups is 2. The molecule has 0 aromatic heterocycles. The molecule has 0 bridgehead atoms. The SMILES string of the molecule is CCCCCC(C(=O)Nc1cc(OC)ccc1Oc1cc(NC)ccc1OC)C(=O)OC. The predicted octanol–water partition coefficient (Wildman–Crippen LogP) is 4.85. The molecule has 0 radical (unpaired) electrons. The minimum Gasteiger partial charge on any atom is -0.497 e. The van der Waals surface area contributed by atoms with Crippen molar-refractivity contribution in [3.05, 3.63) is 36.4 Å². The summed E-state index contributed by atoms with van der Waals surface area (Å²) in [5.41, 5.74) is 1.21. The average Bonchev–Trinajstić information content (AvgIpc) is 2.82. The first-order valence-corrected chi connectivity index (χ1v) is 10.6. The van der Waals surface area contributed by atoms with Gasteiger partial charge in [-0.3, -0.25) is 9.59 Å². The first-order chi connectivity index (χ1) is 15.5. The maximum absolute atomic E-state index is 13.0. The maximum atomic E-state index is 13.0. The second kappa shape index (κ2) is 12.4. The van der Waals surface area contributed by atoms with Crippen molar-refractivity contribution in [3.8, 4) is 23.0 Å². The first-order valence-electron chi connectivity index (χ1n) is 10.6. The van der Waals surface area contributed by atoms with Crippen molar-refractivity contribution >= 4 is 23.3 Å². The fourth-order valence-corrected chi connectivity index (χ4v) is 3.17. The summed E-state index contributed by atoms with van der Waals surface area (Å²) in [6, 6.07) is 10.5. The van der Waals surface area contributed by atoms with Crippen LogP contribution in [0.15, 0.2) is 36.4 Å². The van der Waals surface area contributed by atoms with E-state index in [2.05, 4.69) is 17.6 Å². The largest absolute Gasteiger partial charge is 0.497 e. The lowest BCUT2D eigenvalue weighted by atomic mass is 10.00. The normalized spacial score (nSPS) is 11.3. The Morgan fingerprint density at radius 2 is 1.69 bits per heavy atom. The van der Waals surface area contributed by atoms with E-state index in [1.807, 2.05) is 6.07 Å². The number of nitrogens with one attached hydrogen (secondary N) is 2. The van der Waals surface area contributed by atoms with Gasteiger partial charge in [-0.25, -0.2) is 0 Å². The Kier molecular flexibility index (Phi) is 9.66. The van der Waals surface area contributed by atoms with Gasteiger partial charge in [-0.05, 0) is 30.7 Å². The number of hydrogen-bond acceptors (Lipinski definition) is 7. The molecule has 1 amide bonds. The number of rotatable bonds is 12. The molecule has 0 saturated heterocycles. The van der Waals surface area contributed by atoms with E-state index in [9.17, 15) is 9.59 Å². The predicted molar refractivity (Wildman–Crippen MR) is 124 cm³/mol. The number of amides is 1. The van der Waals surface area contributed by atoms with Crippen LogP contribution in [-0.4, -0.2) is 40.3 Å². The van der Waals surface area contributed by atoms with E-state index in [4.69, 9.17) is 18.9 Å². The molecule has 0 heterocycles. The molecule has 0 aliphatic rings. The molecule has 2 N–H and O–H groups in total. The number of anilines is 2. The summed E-state index contributed by atoms with van der Waals surface area (Å²) < 4.78 is 21.6. The van der Waals surface area contributed by atoms with Crippen LogP contribution in [0.5, 0.6) is 23.0 Å². The molecule has 0 spiro atoms. The zero-order valence-corrected chi connectivity index (χ0v) is 19.3. The summed E-state index contributed by atoms with van der Waals surface area (Å²) in [5, 5.41) is 5.86. The van der Waals surface area contributed by atoms with Crippen molar-refractivity contribution in [1.82, 2.24) is 0 Å². The Balaban J connectivity index is 2.35. The molecule has 2 rings (SSSR count). The van der Waals surface area contributed by atoms with E-state index in [0.29, 0.717) is 35.1 Å². The van der Waals surface area contributed by atoms with Gasteiger partial charge in [0.15, 0.2) is 17.2 Å². The monoisotopic (exact) mass is 444 g/mol. The van der Waals surface area contributed by atoms with Crippen molar-refractivity contribution in [2.24, 2.45) is 5.92 Å². The summed E-state index contributed by atoms with van der Waals surface area (Å²) >= 11 is 0. The molecule has 1 unspecified atom stereocenters. The fraction of sp³-hybridized carbons (Fsp3) is 0.417. The zero-order chi connectivity index (χ0) is 23.5. The Hall–Kier alpha value is -3.42. The summed E-state index contributed by atoms with van der Waals surface area (Å²) in [6.07, 6.45) is 3.07. The van der Waals surface area contributed by atoms with Crippen LogP contribution in [0.3, 0.4) is 0 Å². The molecule has 32 heavy (non-hydrogen) atoms. The molecule has 2 aromatic carbocycles. The Morgan fingerprint density at radius 3 is 2.31 bits per heavy atom. The van der Waals surface area contributed by atoms with Gasteiger partial charge in [-0.2, -0.15) is 0 Å². The van der Waals surface area contributed by atoms with Crippen molar-refractivity contribution in [1.29, 1.82) is 0 Å². The molecule has 0 fully saturated rings. The number of ether oxygens (including phenoxy) is 4. The fourth-order valence-electron chi connectivity index (χ4n) is 3.17. The molecule has 0 aliphatic carbocycles. The van der Waals surface area contributed by atoms with Gasteiger partial charge in [-0.15, -0.1) is 0 Å². The van der Waals surface area contributed by atoms with Crippen LogP contribution in [0, 0.1) is 5.92 Å². The lowest BCUT2D eigenvalue weighted by Gasteiger charge is -2.18. The van der Waals surface area contributed by atoms with E-state index in [0.717, 1.165) is 24.9 Å². The van der Waals surface area contributed by atoms with E-state index < -0.39 is 17.8 Å². The molecule has 2 aromatic rings. The number of unbranched alkanes of at least 4 members (excludes halogenated alkanes) is 2. The molecule has 8 nitrogen and oxygen atoms in total. The molecular formula is C24H32N2O6. The van der Waals surface area contributed by atoms with Gasteiger partial charge in [0.1, 0.15) is 11.7 Å². The second-order valence-corrected chi connectivity index (χ2v) is 7.14. The third-order valence-corrected chi connectivity index (χ3v) is 5.02. The molecule has 1 atom stereocenters. The van der Waals surface area contributed by atoms with Gasteiger partial charge in [-0.1, -0.05) is 26.2 Å². The molecule has 174 valence electrons. The number of hydrogen-bond donors (Lipinski definition) is 2. The van der Waals surface area contributed by atoms with Crippen molar-refractivity contribution in [3.63, 3.8) is 0 Å². The summed E-state index contributed by atoms with van der Waals surface area (Å²) in [6.45, 7) is 2.06. The van der Waals surface area contributed by atoms with E-state index in [1.165, 1.54) is 14.2 Å². The van der Waals surface area contributed by atoms with Crippen LogP contribution in [0.1, 0.15) is 32.6 Å². The average molecular weight is 445 g/mol. The van der Waals surface area contributed by atoms with Gasteiger partial charge < -0.3 is 29.6 Å². The number of esters is 1. The third-order valence-electron chi connectivity index (χ3n) is 5.02. The van der Waals surface area contributed by atoms with Gasteiger partial charge in [0.25, 0.3) is 0 Å². The minimum absolute atomic E-state index is 0.371. The molecule has 0 saturated carbocycles. The van der Waals surface area contributed by atoms with E-state index in [-0.39, 0.29) is 0 Å². The zero-order valence-electron chi connectivity index (χ0n) is 19.3. The van der Waals surface area contributed by atoms with Crippen molar-refractivity contribution in [2.45, 2.75) is 32.6 Å². The maximum Gasteiger partial charge on any atom is 0.318 e. The summed E-state index contributed by atoms with van der Waals surface area (Å²) in [7, 11) is 6.16. The topological polar surface area (TPSA) is 95.1 Å². The standard InChI is InChI=1S/C24H32N2O6/c1-6-7-8-9-18(24(28)31-5)23(27)26-19-15-17(29-3)11-13-20(19)32-22-14-16(25-2)10-12-21(22)30-4/h10-15,18,25H,6-9H2,1-5H3,(H,26,27). The van der Waals surface area contributed by atoms with Crippen LogP contribution < -0.4 is 24.8 Å². The molecular weight excluding hydrogens is 412 g/mol. The quantitative estimate of drug-likeness (QED) is 0.275. The Bertz CT molecular complexity index is 915. The van der Waals surface area contributed by atoms with Crippen LogP contribution in [-0.2, 0) is 14.3 Å². The highest BCUT2D eigenvalue weighted by Gasteiger charge is 2.28. The highest BCUT2D eigenvalue weighted by atomic mass is 16.5. The smallest absolute Gasteiger partial charge is 0.318 e. The highest BCUT2D eigenvalue weighted by Crippen LogP contribution is 2.38. The number of benzene rings is 2. The number of methoxy groups -OCH3 is 3. The van der Waals surface area contributed by atoms with Crippen LogP contribution in [0.25, 0.3) is 0 Å². The molecule has 8 heteroatoms. The second-order valence-electron chi connectivity index (χ2n) is 7.14. The molecule has 0 aliphatic heterocycles. The van der Waals surface area contributed by atoms with Gasteiger partial charge in [0.2, 0.25) is 5.91 Å². The van der Waals surface area contributed by atoms with Gasteiger partial charge in [0, 0.05) is 24.9 Å². The highest BCUT2D eigenvalue weighted by molar-refractivity contribution is 6.05. The van der Waals surface area contributed by atoms with Gasteiger partial charge in [0.05, 0.1) is 27.0 Å². The summed E-state index contributed by atoms with van der Waals surface area (Å²) in [4.78, 5) is 25.2. The van der Waals surface area contributed by atoms with Crippen molar-refractivity contribution < 1.29 is 28.5 Å².